The molecule has 1 aromatic carbocycles. The van der Waals surface area contributed by atoms with Crippen molar-refractivity contribution in [2.24, 2.45) is 10.9 Å². The van der Waals surface area contributed by atoms with E-state index in [2.05, 4.69) is 10.1 Å². The summed E-state index contributed by atoms with van der Waals surface area (Å²) in [7, 11) is 0. The Labute approximate surface area is 100 Å². The zero-order valence-electron chi connectivity index (χ0n) is 9.44. The average Bonchev–Trinajstić information content (AvgIpc) is 2.30. The zero-order chi connectivity index (χ0) is 12.1. The van der Waals surface area contributed by atoms with Crippen LogP contribution in [-0.2, 0) is 0 Å². The summed E-state index contributed by atoms with van der Waals surface area (Å²) < 4.78 is 0. The third kappa shape index (κ3) is 2.58. The van der Waals surface area contributed by atoms with E-state index >= 15 is 0 Å². The average molecular weight is 242 g/mol. The first kappa shape index (κ1) is 12.6. The van der Waals surface area contributed by atoms with Crippen molar-refractivity contribution in [3.8, 4) is 0 Å². The Morgan fingerprint density at radius 1 is 1.44 bits per heavy atom. The topological polar surface area (TPSA) is 61.8 Å². The molecule has 0 spiro atoms. The molecule has 0 heterocycles. The number of halogens is 1. The summed E-state index contributed by atoms with van der Waals surface area (Å²) in [6.45, 7) is 5.76. The van der Waals surface area contributed by atoms with Gasteiger partial charge in [-0.2, -0.15) is 0 Å². The van der Waals surface area contributed by atoms with Gasteiger partial charge in [0.15, 0.2) is 5.84 Å². The fourth-order valence-electron chi connectivity index (χ4n) is 1.60. The molecular weight excluding hydrogens is 226 g/mol. The SMILES string of the molecule is CCN(CC)c1cc(Cl)ccc1C(N)=NO. The minimum Gasteiger partial charge on any atom is -0.409 e. The number of hydrogen-bond acceptors (Lipinski definition) is 3. The normalized spacial score (nSPS) is 11.6. The largest absolute Gasteiger partial charge is 0.409 e. The second-order valence-electron chi connectivity index (χ2n) is 3.32. The van der Waals surface area contributed by atoms with Gasteiger partial charge in [0.2, 0.25) is 0 Å². The third-order valence-electron chi connectivity index (χ3n) is 2.45. The third-order valence-corrected chi connectivity index (χ3v) is 2.68. The highest BCUT2D eigenvalue weighted by Crippen LogP contribution is 2.24. The van der Waals surface area contributed by atoms with Crippen molar-refractivity contribution in [2.75, 3.05) is 18.0 Å². The number of amidine groups is 1. The summed E-state index contributed by atoms with van der Waals surface area (Å²) in [5.74, 6) is 0.0959. The van der Waals surface area contributed by atoms with Crippen molar-refractivity contribution in [1.82, 2.24) is 0 Å². The quantitative estimate of drug-likeness (QED) is 0.368. The Kier molecular flexibility index (Phi) is 4.43. The van der Waals surface area contributed by atoms with Gasteiger partial charge in [-0.3, -0.25) is 0 Å². The van der Waals surface area contributed by atoms with Crippen molar-refractivity contribution in [3.05, 3.63) is 28.8 Å². The molecule has 0 aromatic heterocycles. The minimum atomic E-state index is 0.0959. The zero-order valence-corrected chi connectivity index (χ0v) is 10.2. The van der Waals surface area contributed by atoms with E-state index < -0.39 is 0 Å². The number of oxime groups is 1. The molecule has 5 heteroatoms. The number of nitrogens with zero attached hydrogens (tertiary/aromatic N) is 2. The lowest BCUT2D eigenvalue weighted by atomic mass is 10.1. The summed E-state index contributed by atoms with van der Waals surface area (Å²) in [6.07, 6.45) is 0. The summed E-state index contributed by atoms with van der Waals surface area (Å²) >= 11 is 5.95. The minimum absolute atomic E-state index is 0.0959. The first-order valence-electron chi connectivity index (χ1n) is 5.16. The van der Waals surface area contributed by atoms with Crippen LogP contribution in [0.2, 0.25) is 5.02 Å². The second-order valence-corrected chi connectivity index (χ2v) is 3.76. The van der Waals surface area contributed by atoms with Gasteiger partial charge in [0.1, 0.15) is 0 Å². The lowest BCUT2D eigenvalue weighted by Crippen LogP contribution is -2.26. The number of hydrogen-bond donors (Lipinski definition) is 2. The van der Waals surface area contributed by atoms with Crippen LogP contribution in [-0.4, -0.2) is 24.1 Å². The maximum Gasteiger partial charge on any atom is 0.172 e. The molecule has 0 bridgehead atoms. The lowest BCUT2D eigenvalue weighted by molar-refractivity contribution is 0.318. The van der Waals surface area contributed by atoms with Crippen molar-refractivity contribution in [1.29, 1.82) is 0 Å². The van der Waals surface area contributed by atoms with Crippen LogP contribution in [0.5, 0.6) is 0 Å². The Balaban J connectivity index is 3.27. The predicted molar refractivity (Wildman–Crippen MR) is 67.5 cm³/mol. The van der Waals surface area contributed by atoms with Crippen molar-refractivity contribution in [3.63, 3.8) is 0 Å². The first-order valence-corrected chi connectivity index (χ1v) is 5.54. The highest BCUT2D eigenvalue weighted by Gasteiger charge is 2.12. The molecule has 0 radical (unpaired) electrons. The molecule has 3 N–H and O–H groups in total. The smallest absolute Gasteiger partial charge is 0.172 e. The highest BCUT2D eigenvalue weighted by molar-refractivity contribution is 6.31. The van der Waals surface area contributed by atoms with Gasteiger partial charge < -0.3 is 15.8 Å². The maximum absolute atomic E-state index is 8.72. The predicted octanol–water partition coefficient (Wildman–Crippen LogP) is 2.28. The Morgan fingerprint density at radius 2 is 2.06 bits per heavy atom. The van der Waals surface area contributed by atoms with Crippen LogP contribution in [0.25, 0.3) is 0 Å². The van der Waals surface area contributed by atoms with E-state index in [-0.39, 0.29) is 5.84 Å². The molecule has 0 aliphatic carbocycles. The molecule has 88 valence electrons. The highest BCUT2D eigenvalue weighted by atomic mass is 35.5. The number of rotatable bonds is 4. The molecular formula is C11H16ClN3O. The molecule has 0 fully saturated rings. The standard InChI is InChI=1S/C11H16ClN3O/c1-3-15(4-2)10-7-8(12)5-6-9(10)11(13)14-16/h5-7,16H,3-4H2,1-2H3,(H2,13,14). The fourth-order valence-corrected chi connectivity index (χ4v) is 1.77. The summed E-state index contributed by atoms with van der Waals surface area (Å²) in [6, 6.07) is 5.30. The molecule has 0 aliphatic heterocycles. The lowest BCUT2D eigenvalue weighted by Gasteiger charge is -2.23. The van der Waals surface area contributed by atoms with Crippen LogP contribution in [0.15, 0.2) is 23.4 Å². The Hall–Kier alpha value is -1.42. The summed E-state index contributed by atoms with van der Waals surface area (Å²) in [5, 5.41) is 12.4. The van der Waals surface area contributed by atoms with Crippen LogP contribution in [0.4, 0.5) is 5.69 Å². The van der Waals surface area contributed by atoms with E-state index in [1.807, 2.05) is 19.9 Å². The van der Waals surface area contributed by atoms with Crippen molar-refractivity contribution < 1.29 is 5.21 Å². The molecule has 16 heavy (non-hydrogen) atoms. The van der Waals surface area contributed by atoms with Crippen LogP contribution in [0.3, 0.4) is 0 Å². The van der Waals surface area contributed by atoms with Crippen LogP contribution in [0, 0.1) is 0 Å². The molecule has 0 unspecified atom stereocenters. The molecule has 4 nitrogen and oxygen atoms in total. The Morgan fingerprint density at radius 3 is 2.56 bits per heavy atom. The van der Waals surface area contributed by atoms with E-state index in [4.69, 9.17) is 22.5 Å². The summed E-state index contributed by atoms with van der Waals surface area (Å²) in [5.41, 5.74) is 7.20. The molecule has 0 amide bonds. The molecule has 0 saturated heterocycles. The fraction of sp³-hybridized carbons (Fsp3) is 0.364. The van der Waals surface area contributed by atoms with E-state index in [0.717, 1.165) is 18.8 Å². The van der Waals surface area contributed by atoms with Gasteiger partial charge in [0.05, 0.1) is 0 Å². The van der Waals surface area contributed by atoms with E-state index in [1.165, 1.54) is 0 Å². The van der Waals surface area contributed by atoms with Crippen LogP contribution in [0.1, 0.15) is 19.4 Å². The van der Waals surface area contributed by atoms with Gasteiger partial charge in [-0.1, -0.05) is 16.8 Å². The van der Waals surface area contributed by atoms with Crippen LogP contribution < -0.4 is 10.6 Å². The Bertz CT molecular complexity index is 389. The van der Waals surface area contributed by atoms with Crippen LogP contribution >= 0.6 is 11.6 Å². The van der Waals surface area contributed by atoms with Gasteiger partial charge in [-0.05, 0) is 32.0 Å². The number of anilines is 1. The molecule has 0 saturated carbocycles. The molecule has 1 rings (SSSR count). The van der Waals surface area contributed by atoms with E-state index in [0.29, 0.717) is 10.6 Å². The number of nitrogens with two attached hydrogens (primary N) is 1. The van der Waals surface area contributed by atoms with E-state index in [9.17, 15) is 0 Å². The van der Waals surface area contributed by atoms with Crippen molar-refractivity contribution >= 4 is 23.1 Å². The van der Waals surface area contributed by atoms with Crippen molar-refractivity contribution in [2.45, 2.75) is 13.8 Å². The van der Waals surface area contributed by atoms with Gasteiger partial charge in [0, 0.05) is 29.4 Å². The van der Waals surface area contributed by atoms with Gasteiger partial charge in [-0.15, -0.1) is 0 Å². The monoisotopic (exact) mass is 241 g/mol. The number of benzene rings is 1. The molecule has 0 atom stereocenters. The van der Waals surface area contributed by atoms with Gasteiger partial charge >= 0.3 is 0 Å². The van der Waals surface area contributed by atoms with Gasteiger partial charge in [0.25, 0.3) is 0 Å². The molecule has 0 aliphatic rings. The molecule has 1 aromatic rings. The maximum atomic E-state index is 8.72. The first-order chi connectivity index (χ1) is 7.63. The van der Waals surface area contributed by atoms with Gasteiger partial charge in [-0.25, -0.2) is 0 Å². The summed E-state index contributed by atoms with van der Waals surface area (Å²) in [4.78, 5) is 2.10. The second kappa shape index (κ2) is 5.61. The van der Waals surface area contributed by atoms with E-state index in [1.54, 1.807) is 12.1 Å².